The van der Waals surface area contributed by atoms with Gasteiger partial charge in [0.2, 0.25) is 11.2 Å². The van der Waals surface area contributed by atoms with Crippen molar-refractivity contribution >= 4 is 28.7 Å². The molecule has 0 saturated heterocycles. The maximum Gasteiger partial charge on any atom is 0.212 e. The van der Waals surface area contributed by atoms with E-state index in [1.54, 1.807) is 0 Å². The highest BCUT2D eigenvalue weighted by Gasteiger charge is 2.17. The molecule has 0 unspecified atom stereocenters. The molecule has 26 heavy (non-hydrogen) atoms. The minimum Gasteiger partial charge on any atom is -0.344 e. The minimum absolute atomic E-state index is 0.947. The van der Waals surface area contributed by atoms with E-state index in [4.69, 9.17) is 0 Å². The second-order valence-corrected chi connectivity index (χ2v) is 7.09. The number of hydrogen-bond donors (Lipinski definition) is 0. The van der Waals surface area contributed by atoms with Crippen molar-refractivity contribution in [2.75, 3.05) is 11.9 Å². The van der Waals surface area contributed by atoms with Gasteiger partial charge in [-0.15, -0.1) is 0 Å². The molecule has 1 aromatic heterocycles. The van der Waals surface area contributed by atoms with Crippen LogP contribution in [0.15, 0.2) is 60.3 Å². The van der Waals surface area contributed by atoms with Crippen molar-refractivity contribution in [1.82, 2.24) is 0 Å². The van der Waals surface area contributed by atoms with Crippen molar-refractivity contribution in [3.63, 3.8) is 0 Å². The zero-order valence-electron chi connectivity index (χ0n) is 16.0. The first-order valence-electron chi connectivity index (χ1n) is 9.24. The van der Waals surface area contributed by atoms with E-state index in [1.807, 2.05) is 0 Å². The first-order chi connectivity index (χ1) is 12.6. The summed E-state index contributed by atoms with van der Waals surface area (Å²) in [6.45, 7) is 7.45. The van der Waals surface area contributed by atoms with Gasteiger partial charge in [-0.2, -0.15) is 4.57 Å². The first kappa shape index (κ1) is 16.6. The van der Waals surface area contributed by atoms with Gasteiger partial charge in [0.05, 0.1) is 0 Å². The lowest BCUT2D eigenvalue weighted by atomic mass is 10.0. The molecule has 2 nitrogen and oxygen atoms in total. The highest BCUT2D eigenvalue weighted by molar-refractivity contribution is 5.81. The van der Waals surface area contributed by atoms with Gasteiger partial charge in [0.25, 0.3) is 0 Å². The van der Waals surface area contributed by atoms with Crippen molar-refractivity contribution in [3.8, 4) is 0 Å². The summed E-state index contributed by atoms with van der Waals surface area (Å²) in [6.07, 6.45) is 6.70. The summed E-state index contributed by atoms with van der Waals surface area (Å²) >= 11 is 0. The van der Waals surface area contributed by atoms with Gasteiger partial charge in [-0.05, 0) is 56.2 Å². The predicted molar refractivity (Wildman–Crippen MR) is 111 cm³/mol. The quantitative estimate of drug-likeness (QED) is 0.576. The maximum atomic E-state index is 2.38. The molecule has 2 aromatic carbocycles. The Morgan fingerprint density at radius 3 is 2.50 bits per heavy atom. The summed E-state index contributed by atoms with van der Waals surface area (Å²) in [6, 6.07) is 17.7. The van der Waals surface area contributed by atoms with Crippen LogP contribution in [0.2, 0.25) is 0 Å². The normalized spacial score (nSPS) is 14.9. The third-order valence-corrected chi connectivity index (χ3v) is 5.20. The number of rotatable bonds is 2. The summed E-state index contributed by atoms with van der Waals surface area (Å²) in [4.78, 5) is 2.28. The number of fused-ring (bicyclic) bond motifs is 2. The Hall–Kier alpha value is -2.87. The lowest BCUT2D eigenvalue weighted by molar-refractivity contribution is -0.669. The van der Waals surface area contributed by atoms with Crippen LogP contribution in [-0.2, 0) is 6.54 Å². The number of anilines is 1. The Balaban J connectivity index is 1.83. The molecule has 0 saturated carbocycles. The van der Waals surface area contributed by atoms with Gasteiger partial charge in [-0.1, -0.05) is 29.8 Å². The van der Waals surface area contributed by atoms with Crippen LogP contribution in [0.25, 0.3) is 23.1 Å². The van der Waals surface area contributed by atoms with Crippen LogP contribution < -0.4 is 9.47 Å². The van der Waals surface area contributed by atoms with Crippen LogP contribution in [0.3, 0.4) is 0 Å². The SMILES string of the molecule is CC[n+]1c(/C=C2\C=Cc3ccc(C)cc3N2C)ccc2cc(C)ccc21. The Labute approximate surface area is 155 Å². The van der Waals surface area contributed by atoms with E-state index in [0.717, 1.165) is 6.54 Å². The molecule has 0 atom stereocenters. The van der Waals surface area contributed by atoms with Gasteiger partial charge in [-0.3, -0.25) is 0 Å². The van der Waals surface area contributed by atoms with Gasteiger partial charge in [0.15, 0.2) is 0 Å². The Bertz CT molecular complexity index is 1060. The highest BCUT2D eigenvalue weighted by atomic mass is 15.1. The molecule has 0 spiro atoms. The fourth-order valence-corrected chi connectivity index (χ4v) is 3.74. The first-order valence-corrected chi connectivity index (χ1v) is 9.24. The molecule has 130 valence electrons. The minimum atomic E-state index is 0.947. The van der Waals surface area contributed by atoms with E-state index in [1.165, 1.54) is 44.7 Å². The van der Waals surface area contributed by atoms with Crippen LogP contribution in [0, 0.1) is 13.8 Å². The molecule has 0 amide bonds. The van der Waals surface area contributed by atoms with Crippen LogP contribution in [-0.4, -0.2) is 7.05 Å². The van der Waals surface area contributed by atoms with Crippen molar-refractivity contribution < 1.29 is 4.57 Å². The van der Waals surface area contributed by atoms with Crippen molar-refractivity contribution in [2.45, 2.75) is 27.3 Å². The van der Waals surface area contributed by atoms with E-state index >= 15 is 0 Å². The highest BCUT2D eigenvalue weighted by Crippen LogP contribution is 2.31. The molecule has 0 bridgehead atoms. The molecular formula is C24H25N2+. The van der Waals surface area contributed by atoms with Crippen molar-refractivity contribution in [2.24, 2.45) is 0 Å². The predicted octanol–water partition coefficient (Wildman–Crippen LogP) is 5.27. The Morgan fingerprint density at radius 2 is 1.69 bits per heavy atom. The van der Waals surface area contributed by atoms with Crippen LogP contribution in [0.5, 0.6) is 0 Å². The number of likely N-dealkylation sites (N-methyl/N-ethyl adjacent to an activating group) is 1. The lowest BCUT2D eigenvalue weighted by Gasteiger charge is -2.26. The molecule has 1 aliphatic rings. The molecule has 0 N–H and O–H groups in total. The largest absolute Gasteiger partial charge is 0.344 e. The zero-order chi connectivity index (χ0) is 18.3. The summed E-state index contributed by atoms with van der Waals surface area (Å²) in [5.74, 6) is 0. The number of nitrogens with zero attached hydrogens (tertiary/aromatic N) is 2. The Kier molecular flexibility index (Phi) is 4.12. The van der Waals surface area contributed by atoms with Crippen LogP contribution >= 0.6 is 0 Å². The van der Waals surface area contributed by atoms with Gasteiger partial charge >= 0.3 is 0 Å². The molecule has 3 aromatic rings. The molecule has 4 rings (SSSR count). The van der Waals surface area contributed by atoms with Crippen molar-refractivity contribution in [3.05, 3.63) is 82.7 Å². The molecule has 0 aliphatic carbocycles. The lowest BCUT2D eigenvalue weighted by Crippen LogP contribution is -2.37. The number of benzene rings is 2. The van der Waals surface area contributed by atoms with E-state index in [9.17, 15) is 0 Å². The zero-order valence-corrected chi connectivity index (χ0v) is 16.0. The molecular weight excluding hydrogens is 316 g/mol. The van der Waals surface area contributed by atoms with E-state index in [-0.39, 0.29) is 0 Å². The molecule has 1 aliphatic heterocycles. The maximum absolute atomic E-state index is 2.38. The second kappa shape index (κ2) is 6.45. The molecule has 0 fully saturated rings. The monoisotopic (exact) mass is 341 g/mol. The smallest absolute Gasteiger partial charge is 0.212 e. The summed E-state index contributed by atoms with van der Waals surface area (Å²) in [7, 11) is 2.15. The summed E-state index contributed by atoms with van der Waals surface area (Å²) in [5.41, 5.74) is 8.84. The number of allylic oxidation sites excluding steroid dienone is 1. The average Bonchev–Trinajstić information content (AvgIpc) is 2.64. The topological polar surface area (TPSA) is 7.12 Å². The Morgan fingerprint density at radius 1 is 0.923 bits per heavy atom. The summed E-state index contributed by atoms with van der Waals surface area (Å²) in [5, 5.41) is 1.29. The fourth-order valence-electron chi connectivity index (χ4n) is 3.74. The van der Waals surface area contributed by atoms with Gasteiger partial charge < -0.3 is 4.90 Å². The number of aryl methyl sites for hydroxylation is 3. The number of aromatic nitrogens is 1. The van der Waals surface area contributed by atoms with Gasteiger partial charge in [0, 0.05) is 42.0 Å². The average molecular weight is 341 g/mol. The van der Waals surface area contributed by atoms with E-state index in [2.05, 4.69) is 104 Å². The van der Waals surface area contributed by atoms with E-state index in [0.29, 0.717) is 0 Å². The van der Waals surface area contributed by atoms with Crippen molar-refractivity contribution in [1.29, 1.82) is 0 Å². The molecule has 2 heteroatoms. The third-order valence-electron chi connectivity index (χ3n) is 5.20. The summed E-state index contributed by atoms with van der Waals surface area (Å²) < 4.78 is 2.38. The van der Waals surface area contributed by atoms with Gasteiger partial charge in [-0.25, -0.2) is 0 Å². The van der Waals surface area contributed by atoms with Crippen LogP contribution in [0.1, 0.15) is 29.3 Å². The second-order valence-electron chi connectivity index (χ2n) is 7.09. The number of hydrogen-bond acceptors (Lipinski definition) is 1. The fraction of sp³-hybridized carbons (Fsp3) is 0.208. The molecule has 0 radical (unpaired) electrons. The third kappa shape index (κ3) is 2.82. The number of pyridine rings is 1. The molecule has 2 heterocycles. The van der Waals surface area contributed by atoms with Crippen LogP contribution in [0.4, 0.5) is 5.69 Å². The van der Waals surface area contributed by atoms with E-state index < -0.39 is 0 Å². The standard InChI is InChI=1S/C24H25N2/c1-5-26-22(12-10-20-14-17(2)7-13-23(20)26)16-21-11-9-19-8-6-18(3)15-24(19)25(21)4/h6-16H,5H2,1-4H3/q+1. The van der Waals surface area contributed by atoms with Gasteiger partial charge in [0.1, 0.15) is 6.54 Å².